The number of para-hydroxylation sites is 1. The van der Waals surface area contributed by atoms with E-state index < -0.39 is 10.0 Å². The standard InChI is InChI=1S/C21H24N2O4S/c1-4-23(5-2)28(25,26)15-11-12-19-17(13-15)18(14-24)21(22-19)16-9-7-8-10-20(16)27-6-3/h7-14,22H,4-6H2,1-3H3. The molecule has 1 heterocycles. The predicted octanol–water partition coefficient (Wildman–Crippen LogP) is 4.08. The van der Waals surface area contributed by atoms with Crippen molar-refractivity contribution in [3.63, 3.8) is 0 Å². The average molecular weight is 401 g/mol. The molecule has 3 rings (SSSR count). The van der Waals surface area contributed by atoms with Crippen molar-refractivity contribution in [1.82, 2.24) is 9.29 Å². The van der Waals surface area contributed by atoms with Gasteiger partial charge in [-0.1, -0.05) is 26.0 Å². The van der Waals surface area contributed by atoms with Crippen molar-refractivity contribution in [2.24, 2.45) is 0 Å². The summed E-state index contributed by atoms with van der Waals surface area (Å²) in [5.41, 5.74) is 2.49. The maximum Gasteiger partial charge on any atom is 0.243 e. The monoisotopic (exact) mass is 400 g/mol. The summed E-state index contributed by atoms with van der Waals surface area (Å²) in [7, 11) is -3.61. The van der Waals surface area contributed by atoms with Crippen LogP contribution >= 0.6 is 0 Å². The van der Waals surface area contributed by atoms with Crippen LogP contribution in [0.3, 0.4) is 0 Å². The SMILES string of the molecule is CCOc1ccccc1-c1[nH]c2ccc(S(=O)(=O)N(CC)CC)cc2c1C=O. The fourth-order valence-corrected chi connectivity index (χ4v) is 4.84. The Morgan fingerprint density at radius 1 is 1.07 bits per heavy atom. The predicted molar refractivity (Wildman–Crippen MR) is 110 cm³/mol. The van der Waals surface area contributed by atoms with Gasteiger partial charge < -0.3 is 9.72 Å². The molecule has 0 spiro atoms. The summed E-state index contributed by atoms with van der Waals surface area (Å²) in [5.74, 6) is 0.663. The number of carbonyl (C=O) groups is 1. The van der Waals surface area contributed by atoms with Crippen LogP contribution in [0.15, 0.2) is 47.4 Å². The number of nitrogens with one attached hydrogen (secondary N) is 1. The second-order valence-corrected chi connectivity index (χ2v) is 8.20. The Labute approximate surface area is 165 Å². The molecule has 0 aliphatic heterocycles. The van der Waals surface area contributed by atoms with Gasteiger partial charge in [-0.05, 0) is 37.3 Å². The molecule has 0 aliphatic rings. The van der Waals surface area contributed by atoms with E-state index in [-0.39, 0.29) is 4.90 Å². The molecule has 0 saturated heterocycles. The number of benzene rings is 2. The van der Waals surface area contributed by atoms with E-state index in [1.165, 1.54) is 4.31 Å². The minimum Gasteiger partial charge on any atom is -0.493 e. The molecule has 148 valence electrons. The molecular formula is C21H24N2O4S. The number of aromatic amines is 1. The lowest BCUT2D eigenvalue weighted by molar-refractivity contribution is 0.112. The van der Waals surface area contributed by atoms with Gasteiger partial charge in [0.2, 0.25) is 10.0 Å². The molecule has 3 aromatic rings. The fourth-order valence-electron chi connectivity index (χ4n) is 3.35. The van der Waals surface area contributed by atoms with Gasteiger partial charge in [0.25, 0.3) is 0 Å². The van der Waals surface area contributed by atoms with Crippen LogP contribution in [0.5, 0.6) is 5.75 Å². The van der Waals surface area contributed by atoms with Crippen LogP contribution in [0.2, 0.25) is 0 Å². The van der Waals surface area contributed by atoms with E-state index in [9.17, 15) is 13.2 Å². The molecule has 0 amide bonds. The highest BCUT2D eigenvalue weighted by Crippen LogP contribution is 2.36. The summed E-state index contributed by atoms with van der Waals surface area (Å²) in [6, 6.07) is 12.3. The Kier molecular flexibility index (Phi) is 5.86. The normalized spacial score (nSPS) is 11.9. The lowest BCUT2D eigenvalue weighted by Crippen LogP contribution is -2.30. The molecule has 0 atom stereocenters. The minimum absolute atomic E-state index is 0.176. The van der Waals surface area contributed by atoms with E-state index in [4.69, 9.17) is 4.74 Å². The number of sulfonamides is 1. The van der Waals surface area contributed by atoms with Crippen molar-refractivity contribution in [3.8, 4) is 17.0 Å². The topological polar surface area (TPSA) is 79.5 Å². The number of carbonyl (C=O) groups excluding carboxylic acids is 1. The molecule has 2 aromatic carbocycles. The number of aldehydes is 1. The Bertz CT molecular complexity index is 1100. The van der Waals surface area contributed by atoms with Crippen molar-refractivity contribution in [2.75, 3.05) is 19.7 Å². The van der Waals surface area contributed by atoms with Gasteiger partial charge >= 0.3 is 0 Å². The van der Waals surface area contributed by atoms with Crippen molar-refractivity contribution in [1.29, 1.82) is 0 Å². The lowest BCUT2D eigenvalue weighted by atomic mass is 10.1. The van der Waals surface area contributed by atoms with Crippen molar-refractivity contribution in [2.45, 2.75) is 25.7 Å². The first kappa shape index (κ1) is 20.1. The molecule has 0 unspecified atom stereocenters. The first-order valence-electron chi connectivity index (χ1n) is 9.31. The van der Waals surface area contributed by atoms with Gasteiger partial charge in [0.15, 0.2) is 6.29 Å². The molecule has 1 N–H and O–H groups in total. The van der Waals surface area contributed by atoms with Crippen LogP contribution in [-0.2, 0) is 10.0 Å². The molecule has 28 heavy (non-hydrogen) atoms. The van der Waals surface area contributed by atoms with E-state index >= 15 is 0 Å². The van der Waals surface area contributed by atoms with E-state index in [2.05, 4.69) is 4.98 Å². The van der Waals surface area contributed by atoms with E-state index in [1.54, 1.807) is 32.0 Å². The zero-order chi connectivity index (χ0) is 20.3. The van der Waals surface area contributed by atoms with Crippen molar-refractivity contribution in [3.05, 3.63) is 48.0 Å². The first-order valence-corrected chi connectivity index (χ1v) is 10.7. The smallest absolute Gasteiger partial charge is 0.243 e. The zero-order valence-electron chi connectivity index (χ0n) is 16.2. The van der Waals surface area contributed by atoms with Crippen LogP contribution in [0.1, 0.15) is 31.1 Å². The van der Waals surface area contributed by atoms with Crippen LogP contribution < -0.4 is 4.74 Å². The molecule has 7 heteroatoms. The third kappa shape index (κ3) is 3.43. The van der Waals surface area contributed by atoms with Gasteiger partial charge in [0, 0.05) is 35.1 Å². The van der Waals surface area contributed by atoms with E-state index in [1.807, 2.05) is 31.2 Å². The molecule has 0 bridgehead atoms. The quantitative estimate of drug-likeness (QED) is 0.578. The van der Waals surface area contributed by atoms with Crippen LogP contribution in [0, 0.1) is 0 Å². The fraction of sp³-hybridized carbons (Fsp3) is 0.286. The number of H-pyrrole nitrogens is 1. The third-order valence-electron chi connectivity index (χ3n) is 4.73. The van der Waals surface area contributed by atoms with Gasteiger partial charge in [-0.3, -0.25) is 4.79 Å². The highest BCUT2D eigenvalue weighted by molar-refractivity contribution is 7.89. The Morgan fingerprint density at radius 2 is 1.79 bits per heavy atom. The summed E-state index contributed by atoms with van der Waals surface area (Å²) in [6.45, 7) is 6.77. The minimum atomic E-state index is -3.61. The summed E-state index contributed by atoms with van der Waals surface area (Å²) in [5, 5.41) is 0.574. The molecule has 0 saturated carbocycles. The maximum atomic E-state index is 12.9. The van der Waals surface area contributed by atoms with Gasteiger partial charge in [-0.2, -0.15) is 4.31 Å². The maximum absolute atomic E-state index is 12.9. The van der Waals surface area contributed by atoms with Crippen molar-refractivity contribution >= 4 is 27.2 Å². The van der Waals surface area contributed by atoms with Gasteiger partial charge in [0.1, 0.15) is 5.75 Å². The second kappa shape index (κ2) is 8.16. The van der Waals surface area contributed by atoms with E-state index in [0.717, 1.165) is 11.8 Å². The average Bonchev–Trinajstić information content (AvgIpc) is 3.07. The number of fused-ring (bicyclic) bond motifs is 1. The number of rotatable bonds is 8. The Balaban J connectivity index is 2.21. The lowest BCUT2D eigenvalue weighted by Gasteiger charge is -2.18. The summed E-state index contributed by atoms with van der Waals surface area (Å²) >= 11 is 0. The summed E-state index contributed by atoms with van der Waals surface area (Å²) < 4.78 is 32.8. The van der Waals surface area contributed by atoms with Crippen LogP contribution in [0.25, 0.3) is 22.2 Å². The molecule has 0 fully saturated rings. The highest BCUT2D eigenvalue weighted by atomic mass is 32.2. The number of hydrogen-bond acceptors (Lipinski definition) is 4. The Morgan fingerprint density at radius 3 is 2.43 bits per heavy atom. The van der Waals surface area contributed by atoms with Gasteiger partial charge in [-0.25, -0.2) is 8.42 Å². The molecule has 1 aromatic heterocycles. The highest BCUT2D eigenvalue weighted by Gasteiger charge is 2.23. The van der Waals surface area contributed by atoms with E-state index in [0.29, 0.717) is 47.6 Å². The molecule has 0 aliphatic carbocycles. The van der Waals surface area contributed by atoms with Crippen LogP contribution in [-0.4, -0.2) is 43.7 Å². The zero-order valence-corrected chi connectivity index (χ0v) is 17.0. The van der Waals surface area contributed by atoms with Gasteiger partial charge in [-0.15, -0.1) is 0 Å². The first-order chi connectivity index (χ1) is 13.5. The van der Waals surface area contributed by atoms with Crippen molar-refractivity contribution < 1.29 is 17.9 Å². The molecule has 6 nitrogen and oxygen atoms in total. The number of hydrogen-bond donors (Lipinski definition) is 1. The molecule has 0 radical (unpaired) electrons. The third-order valence-corrected chi connectivity index (χ3v) is 6.77. The number of ether oxygens (including phenoxy) is 1. The Hall–Kier alpha value is -2.64. The largest absolute Gasteiger partial charge is 0.493 e. The number of aromatic nitrogens is 1. The van der Waals surface area contributed by atoms with Gasteiger partial charge in [0.05, 0.1) is 17.2 Å². The van der Waals surface area contributed by atoms with Crippen LogP contribution in [0.4, 0.5) is 0 Å². The molecular weight excluding hydrogens is 376 g/mol. The summed E-state index contributed by atoms with van der Waals surface area (Å²) in [4.78, 5) is 15.4. The summed E-state index contributed by atoms with van der Waals surface area (Å²) in [6.07, 6.45) is 0.755. The second-order valence-electron chi connectivity index (χ2n) is 6.26. The number of nitrogens with zero attached hydrogens (tertiary/aromatic N) is 1.